The Morgan fingerprint density at radius 2 is 1.92 bits per heavy atom. The van der Waals surface area contributed by atoms with Crippen molar-refractivity contribution in [1.29, 1.82) is 0 Å². The Labute approximate surface area is 223 Å². The molecule has 0 atom stereocenters. The van der Waals surface area contributed by atoms with Gasteiger partial charge in [-0.15, -0.1) is 11.3 Å². The lowest BCUT2D eigenvalue weighted by Gasteiger charge is -2.32. The second-order valence-corrected chi connectivity index (χ2v) is 13.8. The number of pyridine rings is 1. The molecule has 1 aromatic carbocycles. The zero-order valence-corrected chi connectivity index (χ0v) is 23.1. The maximum atomic E-state index is 13.8. The molecule has 0 unspecified atom stereocenters. The molecule has 0 aliphatic carbocycles. The van der Waals surface area contributed by atoms with E-state index in [2.05, 4.69) is 18.0 Å². The highest BCUT2D eigenvalue weighted by Gasteiger charge is 2.35. The number of aryl methyl sites for hydroxylation is 2. The van der Waals surface area contributed by atoms with E-state index < -0.39 is 10.0 Å². The third-order valence-electron chi connectivity index (χ3n) is 6.30. The van der Waals surface area contributed by atoms with Gasteiger partial charge in [-0.25, -0.2) is 13.4 Å². The summed E-state index contributed by atoms with van der Waals surface area (Å²) < 4.78 is 29.2. The summed E-state index contributed by atoms with van der Waals surface area (Å²) in [6, 6.07) is 12.9. The van der Waals surface area contributed by atoms with Crippen LogP contribution in [-0.4, -0.2) is 41.7 Å². The van der Waals surface area contributed by atoms with Gasteiger partial charge < -0.3 is 0 Å². The van der Waals surface area contributed by atoms with Crippen molar-refractivity contribution in [3.8, 4) is 0 Å². The molecule has 0 spiro atoms. The van der Waals surface area contributed by atoms with Crippen LogP contribution in [0.25, 0.3) is 10.2 Å². The lowest BCUT2D eigenvalue weighted by atomic mass is 9.96. The van der Waals surface area contributed by atoms with E-state index in [0.29, 0.717) is 28.9 Å². The number of aromatic nitrogens is 2. The lowest BCUT2D eigenvalue weighted by Crippen LogP contribution is -2.44. The number of rotatable bonds is 6. The number of piperidine rings is 1. The summed E-state index contributed by atoms with van der Waals surface area (Å²) in [5.74, 6) is -0.354. The molecule has 3 aromatic heterocycles. The summed E-state index contributed by atoms with van der Waals surface area (Å²) in [6.45, 7) is 4.96. The van der Waals surface area contributed by atoms with Crippen LogP contribution in [0.3, 0.4) is 0 Å². The number of amides is 1. The minimum atomic E-state index is -3.62. The number of sulfonamides is 1. The van der Waals surface area contributed by atoms with Crippen LogP contribution < -0.4 is 4.90 Å². The zero-order chi connectivity index (χ0) is 25.4. The van der Waals surface area contributed by atoms with Gasteiger partial charge in [-0.2, -0.15) is 4.31 Å². The van der Waals surface area contributed by atoms with E-state index in [0.717, 1.165) is 38.4 Å². The van der Waals surface area contributed by atoms with Crippen molar-refractivity contribution in [2.75, 3.05) is 18.0 Å². The van der Waals surface area contributed by atoms with Gasteiger partial charge in [0, 0.05) is 25.2 Å². The fourth-order valence-electron chi connectivity index (χ4n) is 4.50. The van der Waals surface area contributed by atoms with Gasteiger partial charge in [-0.1, -0.05) is 35.1 Å². The number of hydrogen-bond donors (Lipinski definition) is 0. The molecule has 188 valence electrons. The summed E-state index contributed by atoms with van der Waals surface area (Å²) in [7, 11) is -3.62. The summed E-state index contributed by atoms with van der Waals surface area (Å²) in [4.78, 5) is 24.8. The number of benzene rings is 1. The Morgan fingerprint density at radius 1 is 1.14 bits per heavy atom. The van der Waals surface area contributed by atoms with Crippen molar-refractivity contribution in [3.63, 3.8) is 0 Å². The lowest BCUT2D eigenvalue weighted by molar-refractivity contribution is -0.123. The molecule has 1 aliphatic rings. The first-order valence-corrected chi connectivity index (χ1v) is 15.0. The number of halogens is 1. The number of carbonyl (C=O) groups excluding carboxylic acids is 1. The first-order chi connectivity index (χ1) is 17.2. The van der Waals surface area contributed by atoms with Gasteiger partial charge in [0.25, 0.3) is 10.0 Å². The van der Waals surface area contributed by atoms with Crippen LogP contribution in [0.15, 0.2) is 52.9 Å². The van der Waals surface area contributed by atoms with Gasteiger partial charge in [0.2, 0.25) is 5.91 Å². The van der Waals surface area contributed by atoms with E-state index in [4.69, 9.17) is 16.6 Å². The maximum absolute atomic E-state index is 13.8. The largest absolute Gasteiger partial charge is 0.282 e. The monoisotopic (exact) mass is 560 g/mol. The molecule has 1 saturated heterocycles. The predicted molar refractivity (Wildman–Crippen MR) is 145 cm³/mol. The molecule has 11 heteroatoms. The highest BCUT2D eigenvalue weighted by Crippen LogP contribution is 2.35. The fraction of sp³-hybridized carbons (Fsp3) is 0.320. The summed E-state index contributed by atoms with van der Waals surface area (Å²) in [6.07, 6.45) is 2.60. The van der Waals surface area contributed by atoms with Crippen LogP contribution in [0.4, 0.5) is 5.13 Å². The third-order valence-corrected chi connectivity index (χ3v) is 11.1. The Morgan fingerprint density at radius 3 is 2.58 bits per heavy atom. The molecule has 4 aromatic rings. The molecule has 1 aliphatic heterocycles. The van der Waals surface area contributed by atoms with Gasteiger partial charge in [-0.3, -0.25) is 14.7 Å². The van der Waals surface area contributed by atoms with Crippen LogP contribution in [0.2, 0.25) is 4.34 Å². The van der Waals surface area contributed by atoms with E-state index in [-0.39, 0.29) is 29.1 Å². The first kappa shape index (κ1) is 25.3. The number of hydrogen-bond acceptors (Lipinski definition) is 7. The summed E-state index contributed by atoms with van der Waals surface area (Å²) in [5.41, 5.74) is 3.90. The van der Waals surface area contributed by atoms with Gasteiger partial charge in [0.05, 0.1) is 26.8 Å². The molecular formula is C25H25ClN4O3S3. The van der Waals surface area contributed by atoms with E-state index in [1.807, 2.05) is 31.2 Å². The molecule has 0 bridgehead atoms. The van der Waals surface area contributed by atoms with Crippen molar-refractivity contribution >= 4 is 65.6 Å². The molecule has 1 amide bonds. The Hall–Kier alpha value is -2.37. The van der Waals surface area contributed by atoms with Crippen molar-refractivity contribution in [1.82, 2.24) is 14.3 Å². The van der Waals surface area contributed by atoms with Crippen LogP contribution >= 0.6 is 34.3 Å². The molecule has 1 fully saturated rings. The van der Waals surface area contributed by atoms with Crippen molar-refractivity contribution in [2.24, 2.45) is 5.92 Å². The Balaban J connectivity index is 1.39. The normalized spacial score (nSPS) is 15.4. The van der Waals surface area contributed by atoms with Gasteiger partial charge in [0.15, 0.2) is 5.13 Å². The van der Waals surface area contributed by atoms with Crippen LogP contribution in [0, 0.1) is 19.8 Å². The van der Waals surface area contributed by atoms with Crippen LogP contribution in [0.5, 0.6) is 0 Å². The minimum absolute atomic E-state index is 0.0506. The number of thiazole rings is 1. The molecule has 0 saturated carbocycles. The number of fused-ring (bicyclic) bond motifs is 1. The van der Waals surface area contributed by atoms with Crippen molar-refractivity contribution < 1.29 is 13.2 Å². The molecule has 36 heavy (non-hydrogen) atoms. The third kappa shape index (κ3) is 5.05. The zero-order valence-electron chi connectivity index (χ0n) is 19.8. The molecule has 0 N–H and O–H groups in total. The van der Waals surface area contributed by atoms with E-state index in [9.17, 15) is 13.2 Å². The topological polar surface area (TPSA) is 83.5 Å². The second kappa shape index (κ2) is 10.2. The van der Waals surface area contributed by atoms with Gasteiger partial charge in [-0.05, 0) is 68.1 Å². The molecule has 5 rings (SSSR count). The van der Waals surface area contributed by atoms with E-state index in [1.54, 1.807) is 17.2 Å². The van der Waals surface area contributed by atoms with Crippen LogP contribution in [-0.2, 0) is 21.4 Å². The van der Waals surface area contributed by atoms with E-state index >= 15 is 0 Å². The Bertz CT molecular complexity index is 1510. The van der Waals surface area contributed by atoms with Crippen molar-refractivity contribution in [2.45, 2.75) is 37.4 Å². The minimum Gasteiger partial charge on any atom is -0.282 e. The Kier molecular flexibility index (Phi) is 7.15. The fourth-order valence-corrected chi connectivity index (χ4v) is 8.63. The van der Waals surface area contributed by atoms with Gasteiger partial charge >= 0.3 is 0 Å². The molecular weight excluding hydrogens is 536 g/mol. The smallest absolute Gasteiger partial charge is 0.252 e. The highest BCUT2D eigenvalue weighted by molar-refractivity contribution is 7.91. The summed E-state index contributed by atoms with van der Waals surface area (Å²) >= 11 is 8.51. The second-order valence-electron chi connectivity index (χ2n) is 8.91. The number of carbonyl (C=O) groups is 1. The average Bonchev–Trinajstić information content (AvgIpc) is 3.50. The number of anilines is 1. The first-order valence-electron chi connectivity index (χ1n) is 11.6. The number of thiophene rings is 1. The quantitative estimate of drug-likeness (QED) is 0.304. The SMILES string of the molecule is Cc1cc(C)c2sc(N(Cc3ccccn3)C(=O)C3CCN(S(=O)(=O)c4ccc(Cl)s4)CC3)nc2c1. The summed E-state index contributed by atoms with van der Waals surface area (Å²) in [5, 5.41) is 0.637. The average molecular weight is 561 g/mol. The maximum Gasteiger partial charge on any atom is 0.252 e. The number of nitrogens with zero attached hydrogens (tertiary/aromatic N) is 4. The highest BCUT2D eigenvalue weighted by atomic mass is 35.5. The van der Waals surface area contributed by atoms with Crippen LogP contribution in [0.1, 0.15) is 29.7 Å². The molecule has 0 radical (unpaired) electrons. The molecule has 7 nitrogen and oxygen atoms in total. The van der Waals surface area contributed by atoms with Crippen molar-refractivity contribution in [3.05, 3.63) is 69.8 Å². The van der Waals surface area contributed by atoms with E-state index in [1.165, 1.54) is 21.7 Å². The predicted octanol–water partition coefficient (Wildman–Crippen LogP) is 5.66. The molecule has 4 heterocycles. The standard InChI is InChI=1S/C25H25ClN4O3S3/c1-16-13-17(2)23-20(14-16)28-25(35-23)30(15-19-5-3-4-10-27-19)24(31)18-8-11-29(12-9-18)36(32,33)22-7-6-21(26)34-22/h3-7,10,13-14,18H,8-9,11-12,15H2,1-2H3. The van der Waals surface area contributed by atoms with Gasteiger partial charge in [0.1, 0.15) is 4.21 Å².